The third-order valence-corrected chi connectivity index (χ3v) is 5.20. The van der Waals surface area contributed by atoms with E-state index >= 15 is 0 Å². The van der Waals surface area contributed by atoms with E-state index in [4.69, 9.17) is 16.3 Å². The third-order valence-electron chi connectivity index (χ3n) is 3.91. The Labute approximate surface area is 159 Å². The van der Waals surface area contributed by atoms with Crippen LogP contribution in [0.1, 0.15) is 0 Å². The van der Waals surface area contributed by atoms with Crippen molar-refractivity contribution in [3.63, 3.8) is 0 Å². The first-order valence-corrected chi connectivity index (χ1v) is 9.21. The van der Waals surface area contributed by atoms with Crippen LogP contribution in [0.15, 0.2) is 58.2 Å². The van der Waals surface area contributed by atoms with E-state index in [0.29, 0.717) is 16.5 Å². The molecule has 0 radical (unpaired) electrons. The second kappa shape index (κ2) is 7.85. The Kier molecular flexibility index (Phi) is 5.54. The van der Waals surface area contributed by atoms with E-state index in [1.165, 1.54) is 18.9 Å². The van der Waals surface area contributed by atoms with Crippen LogP contribution in [0.4, 0.5) is 5.69 Å². The first-order chi connectivity index (χ1) is 12.5. The van der Waals surface area contributed by atoms with E-state index in [2.05, 4.69) is 5.32 Å². The highest BCUT2D eigenvalue weighted by Gasteiger charge is 2.11. The Morgan fingerprint density at radius 2 is 2.00 bits per heavy atom. The zero-order valence-corrected chi connectivity index (χ0v) is 15.9. The number of hydrogen-bond donors (Lipinski definition) is 1. The number of halogens is 1. The van der Waals surface area contributed by atoms with Gasteiger partial charge in [-0.25, -0.2) is 0 Å². The fourth-order valence-electron chi connectivity index (χ4n) is 2.61. The summed E-state index contributed by atoms with van der Waals surface area (Å²) in [6.07, 6.45) is 0. The van der Waals surface area contributed by atoms with Gasteiger partial charge in [-0.05, 0) is 24.3 Å². The Balaban J connectivity index is 1.79. The van der Waals surface area contributed by atoms with Gasteiger partial charge in [0.2, 0.25) is 5.91 Å². The predicted molar refractivity (Wildman–Crippen MR) is 107 cm³/mol. The molecule has 0 unspecified atom stereocenters. The lowest BCUT2D eigenvalue weighted by Crippen LogP contribution is -2.17. The molecule has 1 amide bonds. The average Bonchev–Trinajstić information content (AvgIpc) is 2.64. The first-order valence-electron chi connectivity index (χ1n) is 7.84. The molecule has 0 aliphatic rings. The van der Waals surface area contributed by atoms with Gasteiger partial charge >= 0.3 is 0 Å². The molecule has 0 aliphatic carbocycles. The number of benzene rings is 2. The number of amides is 1. The number of para-hydroxylation sites is 1. The number of aryl methyl sites for hydroxylation is 1. The molecule has 1 heterocycles. The van der Waals surface area contributed by atoms with Crippen LogP contribution >= 0.6 is 23.4 Å². The minimum Gasteiger partial charge on any atom is -0.495 e. The molecule has 0 atom stereocenters. The Morgan fingerprint density at radius 1 is 1.23 bits per heavy atom. The van der Waals surface area contributed by atoms with Gasteiger partial charge < -0.3 is 14.6 Å². The maximum Gasteiger partial charge on any atom is 0.251 e. The molecular weight excluding hydrogens is 372 g/mol. The highest BCUT2D eigenvalue weighted by Crippen LogP contribution is 2.29. The van der Waals surface area contributed by atoms with Crippen molar-refractivity contribution in [1.82, 2.24) is 4.57 Å². The van der Waals surface area contributed by atoms with E-state index in [1.807, 2.05) is 24.3 Å². The van der Waals surface area contributed by atoms with Crippen LogP contribution in [0.25, 0.3) is 10.9 Å². The second-order valence-electron chi connectivity index (χ2n) is 5.60. The van der Waals surface area contributed by atoms with E-state index in [0.717, 1.165) is 15.8 Å². The van der Waals surface area contributed by atoms with Crippen molar-refractivity contribution in [1.29, 1.82) is 0 Å². The second-order valence-corrected chi connectivity index (χ2v) is 7.06. The normalized spacial score (nSPS) is 10.7. The molecule has 0 bridgehead atoms. The van der Waals surface area contributed by atoms with Gasteiger partial charge in [-0.2, -0.15) is 0 Å². The van der Waals surface area contributed by atoms with E-state index in [1.54, 1.807) is 35.9 Å². The largest absolute Gasteiger partial charge is 0.495 e. The lowest BCUT2D eigenvalue weighted by atomic mass is 10.2. The molecule has 0 saturated carbocycles. The fraction of sp³-hybridized carbons (Fsp3) is 0.158. The number of fused-ring (bicyclic) bond motifs is 1. The minimum absolute atomic E-state index is 0.108. The number of carbonyl (C=O) groups excluding carboxylic acids is 1. The van der Waals surface area contributed by atoms with Crippen molar-refractivity contribution >= 4 is 45.9 Å². The van der Waals surface area contributed by atoms with E-state index in [9.17, 15) is 9.59 Å². The first kappa shape index (κ1) is 18.4. The number of aromatic nitrogens is 1. The van der Waals surface area contributed by atoms with Crippen LogP contribution < -0.4 is 15.6 Å². The van der Waals surface area contributed by atoms with Crippen LogP contribution in [0.5, 0.6) is 5.75 Å². The number of nitrogens with one attached hydrogen (secondary N) is 1. The SMILES string of the molecule is COc1ccc(Cl)cc1NC(=O)CSc1cc(=O)n(C)c2ccccc12. The molecule has 1 aromatic heterocycles. The zero-order valence-electron chi connectivity index (χ0n) is 14.3. The molecule has 3 rings (SSSR count). The summed E-state index contributed by atoms with van der Waals surface area (Å²) >= 11 is 7.30. The lowest BCUT2D eigenvalue weighted by molar-refractivity contribution is -0.113. The molecule has 0 fully saturated rings. The quantitative estimate of drug-likeness (QED) is 0.673. The summed E-state index contributed by atoms with van der Waals surface area (Å²) in [5.74, 6) is 0.486. The Bertz CT molecular complexity index is 1030. The third kappa shape index (κ3) is 3.86. The number of pyridine rings is 1. The van der Waals surface area contributed by atoms with Crippen LogP contribution in [-0.4, -0.2) is 23.3 Å². The van der Waals surface area contributed by atoms with Crippen molar-refractivity contribution in [2.75, 3.05) is 18.2 Å². The fourth-order valence-corrected chi connectivity index (χ4v) is 3.65. The van der Waals surface area contributed by atoms with Gasteiger partial charge in [-0.1, -0.05) is 29.8 Å². The van der Waals surface area contributed by atoms with Crippen molar-refractivity contribution in [3.05, 3.63) is 63.9 Å². The van der Waals surface area contributed by atoms with Gasteiger partial charge in [0.05, 0.1) is 24.1 Å². The van der Waals surface area contributed by atoms with Gasteiger partial charge in [-0.3, -0.25) is 9.59 Å². The van der Waals surface area contributed by atoms with Crippen molar-refractivity contribution in [2.45, 2.75) is 4.90 Å². The summed E-state index contributed by atoms with van der Waals surface area (Å²) in [4.78, 5) is 25.2. The summed E-state index contributed by atoms with van der Waals surface area (Å²) in [5.41, 5.74) is 1.24. The van der Waals surface area contributed by atoms with Gasteiger partial charge in [0.1, 0.15) is 5.75 Å². The van der Waals surface area contributed by atoms with Gasteiger partial charge in [0, 0.05) is 28.4 Å². The van der Waals surface area contributed by atoms with Crippen molar-refractivity contribution < 1.29 is 9.53 Å². The molecule has 1 N–H and O–H groups in total. The average molecular weight is 389 g/mol. The van der Waals surface area contributed by atoms with Crippen LogP contribution in [0.2, 0.25) is 5.02 Å². The Morgan fingerprint density at radius 3 is 2.77 bits per heavy atom. The number of anilines is 1. The van der Waals surface area contributed by atoms with Gasteiger partial charge in [-0.15, -0.1) is 11.8 Å². The topological polar surface area (TPSA) is 60.3 Å². The number of carbonyl (C=O) groups is 1. The lowest BCUT2D eigenvalue weighted by Gasteiger charge is -2.12. The molecule has 3 aromatic rings. The molecule has 7 heteroatoms. The molecular formula is C19H17ClN2O3S. The molecule has 0 aliphatic heterocycles. The van der Waals surface area contributed by atoms with E-state index in [-0.39, 0.29) is 17.2 Å². The number of methoxy groups -OCH3 is 1. The molecule has 5 nitrogen and oxygen atoms in total. The predicted octanol–water partition coefficient (Wildman–Crippen LogP) is 3.93. The smallest absolute Gasteiger partial charge is 0.251 e. The highest BCUT2D eigenvalue weighted by molar-refractivity contribution is 8.00. The number of ether oxygens (including phenoxy) is 1. The molecule has 134 valence electrons. The summed E-state index contributed by atoms with van der Waals surface area (Å²) in [6, 6.07) is 14.2. The molecule has 26 heavy (non-hydrogen) atoms. The molecule has 0 spiro atoms. The number of hydrogen-bond acceptors (Lipinski definition) is 4. The zero-order chi connectivity index (χ0) is 18.7. The summed E-state index contributed by atoms with van der Waals surface area (Å²) in [6.45, 7) is 0. The standard InChI is InChI=1S/C19H17ClN2O3S/c1-22-15-6-4-3-5-13(15)17(10-19(22)24)26-11-18(23)21-14-9-12(20)7-8-16(14)25-2/h3-10H,11H2,1-2H3,(H,21,23). The molecule has 2 aromatic carbocycles. The summed E-state index contributed by atoms with van der Waals surface area (Å²) in [5, 5.41) is 4.24. The maximum absolute atomic E-state index is 12.3. The van der Waals surface area contributed by atoms with E-state index < -0.39 is 0 Å². The monoisotopic (exact) mass is 388 g/mol. The minimum atomic E-state index is -0.208. The highest BCUT2D eigenvalue weighted by atomic mass is 35.5. The number of rotatable bonds is 5. The van der Waals surface area contributed by atoms with Crippen LogP contribution in [0, 0.1) is 0 Å². The van der Waals surface area contributed by atoms with Gasteiger partial charge in [0.25, 0.3) is 5.56 Å². The van der Waals surface area contributed by atoms with Crippen molar-refractivity contribution in [3.8, 4) is 5.75 Å². The van der Waals surface area contributed by atoms with Gasteiger partial charge in [0.15, 0.2) is 0 Å². The maximum atomic E-state index is 12.3. The number of nitrogens with zero attached hydrogens (tertiary/aromatic N) is 1. The summed E-state index contributed by atoms with van der Waals surface area (Å²) < 4.78 is 6.82. The van der Waals surface area contributed by atoms with Crippen LogP contribution in [-0.2, 0) is 11.8 Å². The molecule has 0 saturated heterocycles. The van der Waals surface area contributed by atoms with Crippen molar-refractivity contribution in [2.24, 2.45) is 7.05 Å². The Hall–Kier alpha value is -2.44. The van der Waals surface area contributed by atoms with Crippen LogP contribution in [0.3, 0.4) is 0 Å². The summed E-state index contributed by atoms with van der Waals surface area (Å²) in [7, 11) is 3.26. The number of thioether (sulfide) groups is 1.